The summed E-state index contributed by atoms with van der Waals surface area (Å²) in [7, 11) is 0. The molecule has 2 rings (SSSR count). The van der Waals surface area contributed by atoms with Crippen molar-refractivity contribution in [3.8, 4) is 22.6 Å². The van der Waals surface area contributed by atoms with E-state index in [4.69, 9.17) is 4.74 Å². The van der Waals surface area contributed by atoms with Gasteiger partial charge in [0.1, 0.15) is 5.75 Å². The molecule has 0 aliphatic carbocycles. The monoisotopic (exact) mass is 358 g/mol. The van der Waals surface area contributed by atoms with Gasteiger partial charge in [0.25, 0.3) is 0 Å². The van der Waals surface area contributed by atoms with Gasteiger partial charge in [0.05, 0.1) is 0 Å². The Morgan fingerprint density at radius 2 is 1.54 bits per heavy atom. The number of ether oxygens (including phenoxy) is 1. The van der Waals surface area contributed by atoms with Crippen molar-refractivity contribution in [1.29, 1.82) is 0 Å². The van der Waals surface area contributed by atoms with E-state index in [1.54, 1.807) is 30.3 Å². The van der Waals surface area contributed by atoms with Crippen molar-refractivity contribution in [3.05, 3.63) is 48.3 Å². The van der Waals surface area contributed by atoms with Gasteiger partial charge < -0.3 is 9.84 Å². The molecule has 0 radical (unpaired) electrons. The smallest absolute Gasteiger partial charge is 0.311 e. The average Bonchev–Trinajstić information content (AvgIpc) is 2.64. The van der Waals surface area contributed by atoms with Gasteiger partial charge in [-0.1, -0.05) is 63.6 Å². The minimum absolute atomic E-state index is 0.220. The number of esters is 1. The van der Waals surface area contributed by atoms with Crippen LogP contribution in [0, 0.1) is 5.82 Å². The van der Waals surface area contributed by atoms with Crippen LogP contribution in [0.5, 0.6) is 11.5 Å². The van der Waals surface area contributed by atoms with Gasteiger partial charge in [-0.05, 0) is 41.8 Å². The molecule has 0 saturated heterocycles. The quantitative estimate of drug-likeness (QED) is 0.310. The number of unbranched alkanes of at least 4 members (excludes halogenated alkanes) is 6. The standard InChI is InChI=1S/C22H27FO3/c1-2-3-4-5-6-7-8-9-22(25)26-19-13-10-17(11-14-19)18-12-15-21(24)20(23)16-18/h10-16,24H,2-9H2,1H3. The molecule has 0 heterocycles. The van der Waals surface area contributed by atoms with Gasteiger partial charge >= 0.3 is 5.97 Å². The summed E-state index contributed by atoms with van der Waals surface area (Å²) < 4.78 is 18.8. The van der Waals surface area contributed by atoms with Crippen LogP contribution in [0.25, 0.3) is 11.1 Å². The van der Waals surface area contributed by atoms with Crippen molar-refractivity contribution in [1.82, 2.24) is 0 Å². The normalized spacial score (nSPS) is 10.7. The molecule has 140 valence electrons. The van der Waals surface area contributed by atoms with Crippen LogP contribution in [0.1, 0.15) is 58.3 Å². The van der Waals surface area contributed by atoms with Crippen LogP contribution in [0.15, 0.2) is 42.5 Å². The van der Waals surface area contributed by atoms with Gasteiger partial charge in [0, 0.05) is 6.42 Å². The Hall–Kier alpha value is -2.36. The van der Waals surface area contributed by atoms with Gasteiger partial charge in [0.15, 0.2) is 11.6 Å². The summed E-state index contributed by atoms with van der Waals surface area (Å²) in [5.74, 6) is -0.764. The Morgan fingerprint density at radius 1 is 0.923 bits per heavy atom. The molecule has 0 atom stereocenters. The molecule has 4 heteroatoms. The lowest BCUT2D eigenvalue weighted by Gasteiger charge is -2.07. The van der Waals surface area contributed by atoms with E-state index in [0.29, 0.717) is 17.7 Å². The summed E-state index contributed by atoms with van der Waals surface area (Å²) >= 11 is 0. The van der Waals surface area contributed by atoms with E-state index in [1.165, 1.54) is 44.2 Å². The molecule has 0 amide bonds. The van der Waals surface area contributed by atoms with E-state index in [2.05, 4.69) is 6.92 Å². The molecule has 0 aliphatic rings. The largest absolute Gasteiger partial charge is 0.505 e. The zero-order chi connectivity index (χ0) is 18.8. The molecular formula is C22H27FO3. The first-order chi connectivity index (χ1) is 12.6. The number of phenolic OH excluding ortho intramolecular Hbond substituents is 1. The second-order valence-corrected chi connectivity index (χ2v) is 6.54. The third-order valence-electron chi connectivity index (χ3n) is 4.35. The molecule has 2 aromatic carbocycles. The van der Waals surface area contributed by atoms with E-state index < -0.39 is 5.82 Å². The minimum Gasteiger partial charge on any atom is -0.505 e. The van der Waals surface area contributed by atoms with Crippen molar-refractivity contribution in [2.24, 2.45) is 0 Å². The van der Waals surface area contributed by atoms with Crippen LogP contribution in [0.4, 0.5) is 4.39 Å². The Kier molecular flexibility index (Phi) is 8.13. The number of phenols is 1. The fraction of sp³-hybridized carbons (Fsp3) is 0.409. The molecule has 0 spiro atoms. The summed E-state index contributed by atoms with van der Waals surface area (Å²) in [6.07, 6.45) is 8.56. The van der Waals surface area contributed by atoms with Gasteiger partial charge in [-0.2, -0.15) is 0 Å². The fourth-order valence-electron chi connectivity index (χ4n) is 2.81. The topological polar surface area (TPSA) is 46.5 Å². The number of rotatable bonds is 10. The van der Waals surface area contributed by atoms with Gasteiger partial charge in [-0.15, -0.1) is 0 Å². The Bertz CT molecular complexity index is 695. The maximum Gasteiger partial charge on any atom is 0.311 e. The first-order valence-electron chi connectivity index (χ1n) is 9.40. The minimum atomic E-state index is -0.660. The molecular weight excluding hydrogens is 331 g/mol. The second-order valence-electron chi connectivity index (χ2n) is 6.54. The summed E-state index contributed by atoms with van der Waals surface area (Å²) in [4.78, 5) is 11.9. The molecule has 26 heavy (non-hydrogen) atoms. The van der Waals surface area contributed by atoms with Gasteiger partial charge in [0.2, 0.25) is 0 Å². The lowest BCUT2D eigenvalue weighted by atomic mass is 10.1. The predicted molar refractivity (Wildman–Crippen MR) is 102 cm³/mol. The van der Waals surface area contributed by atoms with Crippen molar-refractivity contribution in [2.75, 3.05) is 0 Å². The van der Waals surface area contributed by atoms with E-state index in [1.807, 2.05) is 0 Å². The van der Waals surface area contributed by atoms with E-state index in [9.17, 15) is 14.3 Å². The molecule has 0 aromatic heterocycles. The Morgan fingerprint density at radius 3 is 2.19 bits per heavy atom. The van der Waals surface area contributed by atoms with Crippen LogP contribution in [0.3, 0.4) is 0 Å². The third-order valence-corrected chi connectivity index (χ3v) is 4.35. The number of hydrogen-bond donors (Lipinski definition) is 1. The summed E-state index contributed by atoms with van der Waals surface area (Å²) in [5.41, 5.74) is 1.44. The number of hydrogen-bond acceptors (Lipinski definition) is 3. The lowest BCUT2D eigenvalue weighted by molar-refractivity contribution is -0.134. The highest BCUT2D eigenvalue weighted by atomic mass is 19.1. The van der Waals surface area contributed by atoms with Crippen LogP contribution >= 0.6 is 0 Å². The maximum atomic E-state index is 13.4. The van der Waals surface area contributed by atoms with Crippen molar-refractivity contribution in [2.45, 2.75) is 58.3 Å². The van der Waals surface area contributed by atoms with Crippen molar-refractivity contribution < 1.29 is 19.0 Å². The van der Waals surface area contributed by atoms with Gasteiger partial charge in [-0.25, -0.2) is 4.39 Å². The van der Waals surface area contributed by atoms with Crippen LogP contribution < -0.4 is 4.74 Å². The van der Waals surface area contributed by atoms with Crippen molar-refractivity contribution in [3.63, 3.8) is 0 Å². The van der Waals surface area contributed by atoms with Gasteiger partial charge in [-0.3, -0.25) is 4.79 Å². The SMILES string of the molecule is CCCCCCCCCC(=O)Oc1ccc(-c2ccc(O)c(F)c2)cc1. The Balaban J connectivity index is 1.76. The summed E-state index contributed by atoms with van der Waals surface area (Å²) in [6.45, 7) is 2.20. The van der Waals surface area contributed by atoms with Crippen LogP contribution in [-0.4, -0.2) is 11.1 Å². The molecule has 1 N–H and O–H groups in total. The van der Waals surface area contributed by atoms with E-state index >= 15 is 0 Å². The molecule has 0 fully saturated rings. The molecule has 0 saturated carbocycles. The average molecular weight is 358 g/mol. The highest BCUT2D eigenvalue weighted by Crippen LogP contribution is 2.26. The summed E-state index contributed by atoms with van der Waals surface area (Å²) in [6, 6.07) is 11.2. The predicted octanol–water partition coefficient (Wildman–Crippen LogP) is 6.24. The Labute approximate surface area is 154 Å². The maximum absolute atomic E-state index is 13.4. The first kappa shape index (κ1) is 20.0. The highest BCUT2D eigenvalue weighted by Gasteiger charge is 2.07. The van der Waals surface area contributed by atoms with E-state index in [-0.39, 0.29) is 11.7 Å². The molecule has 3 nitrogen and oxygen atoms in total. The summed E-state index contributed by atoms with van der Waals surface area (Å²) in [5, 5.41) is 9.24. The number of halogens is 1. The zero-order valence-corrected chi connectivity index (χ0v) is 15.3. The zero-order valence-electron chi connectivity index (χ0n) is 15.3. The number of carbonyl (C=O) groups is 1. The van der Waals surface area contributed by atoms with Crippen LogP contribution in [-0.2, 0) is 4.79 Å². The molecule has 0 bridgehead atoms. The van der Waals surface area contributed by atoms with Crippen LogP contribution in [0.2, 0.25) is 0 Å². The molecule has 0 aliphatic heterocycles. The number of aromatic hydroxyl groups is 1. The highest BCUT2D eigenvalue weighted by molar-refractivity contribution is 5.73. The molecule has 2 aromatic rings. The van der Waals surface area contributed by atoms with Crippen molar-refractivity contribution >= 4 is 5.97 Å². The fourth-order valence-corrected chi connectivity index (χ4v) is 2.81. The molecule has 0 unspecified atom stereocenters. The number of carbonyl (C=O) groups excluding carboxylic acids is 1. The first-order valence-corrected chi connectivity index (χ1v) is 9.40. The lowest BCUT2D eigenvalue weighted by Crippen LogP contribution is -2.07. The second kappa shape index (κ2) is 10.6. The number of benzene rings is 2. The third kappa shape index (κ3) is 6.51. The van der Waals surface area contributed by atoms with E-state index in [0.717, 1.165) is 18.4 Å².